The summed E-state index contributed by atoms with van der Waals surface area (Å²) in [5.74, 6) is 0.234. The number of pyridine rings is 1. The van der Waals surface area contributed by atoms with Gasteiger partial charge in [-0.2, -0.15) is 0 Å². The number of anilines is 2. The first-order chi connectivity index (χ1) is 5.47. The van der Waals surface area contributed by atoms with Crippen molar-refractivity contribution in [3.63, 3.8) is 0 Å². The number of hydrogen-bond acceptors (Lipinski definition) is 4. The highest BCUT2D eigenvalue weighted by molar-refractivity contribution is 7.92. The summed E-state index contributed by atoms with van der Waals surface area (Å²) in [5, 5.41) is 0. The fourth-order valence-corrected chi connectivity index (χ4v) is 1.18. The van der Waals surface area contributed by atoms with Gasteiger partial charge in [0.15, 0.2) is 0 Å². The lowest BCUT2D eigenvalue weighted by Gasteiger charge is -2.01. The summed E-state index contributed by atoms with van der Waals surface area (Å²) >= 11 is 0. The van der Waals surface area contributed by atoms with Crippen LogP contribution in [0.4, 0.5) is 11.5 Å². The van der Waals surface area contributed by atoms with E-state index in [1.54, 1.807) is 6.07 Å². The number of sulfonamides is 1. The first-order valence-corrected chi connectivity index (χ1v) is 5.06. The standard InChI is InChI=1S/C6H9N3O2S/c1-12(10,11)9-6-4-5(7)2-3-8-6/h2-4H,1H3,(H3,7,8,9). The second-order valence-electron chi connectivity index (χ2n) is 2.35. The third-order valence-corrected chi connectivity index (χ3v) is 1.65. The van der Waals surface area contributed by atoms with Gasteiger partial charge in [-0.05, 0) is 6.07 Å². The zero-order valence-corrected chi connectivity index (χ0v) is 7.30. The second kappa shape index (κ2) is 2.98. The SMILES string of the molecule is CS(=O)(=O)Nc1cc(N)ccn1. The molecule has 0 aliphatic carbocycles. The zero-order chi connectivity index (χ0) is 9.19. The van der Waals surface area contributed by atoms with Crippen LogP contribution in [0.25, 0.3) is 0 Å². The van der Waals surface area contributed by atoms with Gasteiger partial charge < -0.3 is 5.73 Å². The van der Waals surface area contributed by atoms with Crippen LogP contribution in [-0.2, 0) is 10.0 Å². The highest BCUT2D eigenvalue weighted by Crippen LogP contribution is 2.08. The zero-order valence-electron chi connectivity index (χ0n) is 6.48. The van der Waals surface area contributed by atoms with E-state index < -0.39 is 10.0 Å². The van der Waals surface area contributed by atoms with E-state index in [4.69, 9.17) is 5.73 Å². The van der Waals surface area contributed by atoms with Crippen molar-refractivity contribution in [2.45, 2.75) is 0 Å². The molecule has 0 aromatic carbocycles. The molecule has 0 radical (unpaired) electrons. The number of nitrogen functional groups attached to an aromatic ring is 1. The average molecular weight is 187 g/mol. The molecule has 12 heavy (non-hydrogen) atoms. The molecule has 1 heterocycles. The summed E-state index contributed by atoms with van der Waals surface area (Å²) in [5.41, 5.74) is 5.87. The molecule has 0 bridgehead atoms. The average Bonchev–Trinajstić information content (AvgIpc) is 1.82. The Morgan fingerprint density at radius 3 is 2.75 bits per heavy atom. The van der Waals surface area contributed by atoms with Crippen LogP contribution in [0.1, 0.15) is 0 Å². The van der Waals surface area contributed by atoms with Crippen molar-refractivity contribution in [2.24, 2.45) is 0 Å². The number of nitrogens with one attached hydrogen (secondary N) is 1. The normalized spacial score (nSPS) is 11.1. The van der Waals surface area contributed by atoms with Crippen molar-refractivity contribution in [3.05, 3.63) is 18.3 Å². The summed E-state index contributed by atoms with van der Waals surface area (Å²) in [6.45, 7) is 0. The molecule has 6 heteroatoms. The summed E-state index contributed by atoms with van der Waals surface area (Å²) in [6, 6.07) is 3.02. The molecule has 3 N–H and O–H groups in total. The molecule has 5 nitrogen and oxygen atoms in total. The number of nitrogens with two attached hydrogens (primary N) is 1. The fraction of sp³-hybridized carbons (Fsp3) is 0.167. The molecule has 0 fully saturated rings. The van der Waals surface area contributed by atoms with Crippen molar-refractivity contribution in [1.29, 1.82) is 0 Å². The van der Waals surface area contributed by atoms with Gasteiger partial charge in [0.25, 0.3) is 0 Å². The van der Waals surface area contributed by atoms with Gasteiger partial charge in [0, 0.05) is 18.0 Å². The van der Waals surface area contributed by atoms with Gasteiger partial charge in [0.05, 0.1) is 6.26 Å². The van der Waals surface area contributed by atoms with Gasteiger partial charge >= 0.3 is 0 Å². The van der Waals surface area contributed by atoms with Gasteiger partial charge in [-0.3, -0.25) is 4.72 Å². The lowest BCUT2D eigenvalue weighted by atomic mass is 10.4. The van der Waals surface area contributed by atoms with Crippen LogP contribution in [0.15, 0.2) is 18.3 Å². The highest BCUT2D eigenvalue weighted by Gasteiger charge is 2.01. The van der Waals surface area contributed by atoms with E-state index in [1.807, 2.05) is 0 Å². The number of aromatic nitrogens is 1. The molecule has 0 aliphatic rings. The Balaban J connectivity index is 2.91. The van der Waals surface area contributed by atoms with Crippen LogP contribution in [-0.4, -0.2) is 19.7 Å². The Morgan fingerprint density at radius 2 is 2.25 bits per heavy atom. The van der Waals surface area contributed by atoms with E-state index in [0.29, 0.717) is 5.69 Å². The molecule has 0 saturated carbocycles. The van der Waals surface area contributed by atoms with Gasteiger partial charge in [-0.25, -0.2) is 13.4 Å². The van der Waals surface area contributed by atoms with E-state index in [-0.39, 0.29) is 5.82 Å². The van der Waals surface area contributed by atoms with Crippen LogP contribution in [0.3, 0.4) is 0 Å². The van der Waals surface area contributed by atoms with Gasteiger partial charge in [-0.15, -0.1) is 0 Å². The Kier molecular flexibility index (Phi) is 2.18. The Hall–Kier alpha value is -1.30. The maximum Gasteiger partial charge on any atom is 0.230 e. The maximum absolute atomic E-state index is 10.7. The lowest BCUT2D eigenvalue weighted by molar-refractivity contribution is 0.606. The largest absolute Gasteiger partial charge is 0.399 e. The molecule has 0 amide bonds. The minimum absolute atomic E-state index is 0.234. The van der Waals surface area contributed by atoms with E-state index in [9.17, 15) is 8.42 Å². The molecule has 1 aromatic heterocycles. The van der Waals surface area contributed by atoms with Crippen molar-refractivity contribution in [1.82, 2.24) is 4.98 Å². The summed E-state index contributed by atoms with van der Waals surface area (Å²) < 4.78 is 23.6. The predicted molar refractivity (Wildman–Crippen MR) is 47.1 cm³/mol. The molecule has 0 saturated heterocycles. The van der Waals surface area contributed by atoms with Crippen LogP contribution < -0.4 is 10.5 Å². The molecule has 1 rings (SSSR count). The first-order valence-electron chi connectivity index (χ1n) is 3.17. The van der Waals surface area contributed by atoms with Crippen LogP contribution in [0.5, 0.6) is 0 Å². The molecule has 0 unspecified atom stereocenters. The third-order valence-electron chi connectivity index (χ3n) is 1.07. The van der Waals surface area contributed by atoms with Crippen LogP contribution in [0, 0.1) is 0 Å². The van der Waals surface area contributed by atoms with E-state index in [0.717, 1.165) is 6.26 Å². The van der Waals surface area contributed by atoms with Crippen molar-refractivity contribution < 1.29 is 8.42 Å². The van der Waals surface area contributed by atoms with E-state index in [2.05, 4.69) is 9.71 Å². The van der Waals surface area contributed by atoms with Crippen molar-refractivity contribution in [2.75, 3.05) is 16.7 Å². The monoisotopic (exact) mass is 187 g/mol. The van der Waals surface area contributed by atoms with E-state index in [1.165, 1.54) is 12.3 Å². The summed E-state index contributed by atoms with van der Waals surface area (Å²) in [6.07, 6.45) is 2.49. The lowest BCUT2D eigenvalue weighted by Crippen LogP contribution is -2.10. The minimum atomic E-state index is -3.26. The fourth-order valence-electron chi connectivity index (χ4n) is 0.693. The molecule has 66 valence electrons. The number of nitrogens with zero attached hydrogens (tertiary/aromatic N) is 1. The second-order valence-corrected chi connectivity index (χ2v) is 4.10. The molecular weight excluding hydrogens is 178 g/mol. The highest BCUT2D eigenvalue weighted by atomic mass is 32.2. The van der Waals surface area contributed by atoms with E-state index >= 15 is 0 Å². The van der Waals surface area contributed by atoms with Crippen molar-refractivity contribution in [3.8, 4) is 0 Å². The Bertz CT molecular complexity index is 374. The predicted octanol–water partition coefficient (Wildman–Crippen LogP) is 0.0353. The first kappa shape index (κ1) is 8.79. The minimum Gasteiger partial charge on any atom is -0.399 e. The third kappa shape index (κ3) is 2.75. The number of hydrogen-bond donors (Lipinski definition) is 2. The van der Waals surface area contributed by atoms with Crippen LogP contribution in [0.2, 0.25) is 0 Å². The molecular formula is C6H9N3O2S. The Morgan fingerprint density at radius 1 is 1.58 bits per heavy atom. The molecule has 0 aliphatic heterocycles. The van der Waals surface area contributed by atoms with Crippen molar-refractivity contribution >= 4 is 21.5 Å². The maximum atomic E-state index is 10.7. The van der Waals surface area contributed by atoms with Gasteiger partial charge in [-0.1, -0.05) is 0 Å². The molecule has 1 aromatic rings. The van der Waals surface area contributed by atoms with Gasteiger partial charge in [0.1, 0.15) is 5.82 Å². The van der Waals surface area contributed by atoms with Crippen LogP contribution >= 0.6 is 0 Å². The summed E-state index contributed by atoms with van der Waals surface area (Å²) in [4.78, 5) is 3.75. The van der Waals surface area contributed by atoms with Gasteiger partial charge in [0.2, 0.25) is 10.0 Å². The molecule has 0 atom stereocenters. The number of rotatable bonds is 2. The Labute approximate surface area is 70.7 Å². The summed E-state index contributed by atoms with van der Waals surface area (Å²) in [7, 11) is -3.26. The molecule has 0 spiro atoms. The topological polar surface area (TPSA) is 85.1 Å². The smallest absolute Gasteiger partial charge is 0.230 e. The quantitative estimate of drug-likeness (QED) is 0.684.